The monoisotopic (exact) mass is 319 g/mol. The van der Waals surface area contributed by atoms with E-state index in [0.29, 0.717) is 6.07 Å². The van der Waals surface area contributed by atoms with Gasteiger partial charge in [0, 0.05) is 12.1 Å². The summed E-state index contributed by atoms with van der Waals surface area (Å²) < 4.78 is 56.3. The Morgan fingerprint density at radius 1 is 1.27 bits per heavy atom. The molecule has 0 heterocycles. The molecule has 1 rings (SSSR count). The lowest BCUT2D eigenvalue weighted by Gasteiger charge is -2.19. The summed E-state index contributed by atoms with van der Waals surface area (Å²) in [5, 5.41) is 2.38. The molecular formula is C15H17F4NO2. The molecule has 0 aliphatic rings. The van der Waals surface area contributed by atoms with Crippen molar-refractivity contribution in [2.24, 2.45) is 0 Å². The van der Waals surface area contributed by atoms with Gasteiger partial charge in [0.05, 0.1) is 5.56 Å². The van der Waals surface area contributed by atoms with Gasteiger partial charge in [-0.3, -0.25) is 0 Å². The van der Waals surface area contributed by atoms with Crippen molar-refractivity contribution in [3.63, 3.8) is 0 Å². The number of alkyl halides is 3. The highest BCUT2D eigenvalue weighted by molar-refractivity contribution is 5.68. The number of nitrogens with one attached hydrogen (secondary N) is 1. The van der Waals surface area contributed by atoms with Crippen LogP contribution in [0.25, 0.3) is 6.08 Å². The average molecular weight is 319 g/mol. The van der Waals surface area contributed by atoms with Gasteiger partial charge in [0.25, 0.3) is 0 Å². The van der Waals surface area contributed by atoms with Crippen molar-refractivity contribution < 1.29 is 27.1 Å². The standard InChI is InChI=1S/C15H17F4NO2/c1-14(2,3)22-13(21)20-9-5-7-10-6-4-8-11(12(10)16)15(17,18)19/h4-8H,9H2,1-3H3,(H,20,21). The van der Waals surface area contributed by atoms with Crippen LogP contribution in [0.4, 0.5) is 22.4 Å². The Hall–Kier alpha value is -2.05. The van der Waals surface area contributed by atoms with Crippen molar-refractivity contribution in [2.75, 3.05) is 6.54 Å². The van der Waals surface area contributed by atoms with E-state index in [-0.39, 0.29) is 12.1 Å². The third-order valence-corrected chi connectivity index (χ3v) is 2.39. The molecule has 1 amide bonds. The van der Waals surface area contributed by atoms with E-state index < -0.39 is 29.3 Å². The van der Waals surface area contributed by atoms with Gasteiger partial charge in [-0.05, 0) is 26.8 Å². The minimum absolute atomic E-state index is 0.00456. The fourth-order valence-electron chi connectivity index (χ4n) is 1.54. The van der Waals surface area contributed by atoms with E-state index in [1.807, 2.05) is 0 Å². The number of hydrogen-bond acceptors (Lipinski definition) is 2. The molecule has 22 heavy (non-hydrogen) atoms. The zero-order valence-corrected chi connectivity index (χ0v) is 12.4. The lowest BCUT2D eigenvalue weighted by atomic mass is 10.1. The molecule has 7 heteroatoms. The molecule has 0 fully saturated rings. The molecule has 0 bridgehead atoms. The third kappa shape index (κ3) is 5.75. The second kappa shape index (κ2) is 6.81. The first-order valence-corrected chi connectivity index (χ1v) is 6.50. The highest BCUT2D eigenvalue weighted by Crippen LogP contribution is 2.32. The Kier molecular flexibility index (Phi) is 5.57. The van der Waals surface area contributed by atoms with Gasteiger partial charge in [-0.15, -0.1) is 0 Å². The molecule has 0 aliphatic heterocycles. The number of alkyl carbamates (subject to hydrolysis) is 1. The summed E-state index contributed by atoms with van der Waals surface area (Å²) in [6, 6.07) is 3.01. The molecule has 122 valence electrons. The summed E-state index contributed by atoms with van der Waals surface area (Å²) in [6.07, 6.45) is -2.91. The largest absolute Gasteiger partial charge is 0.444 e. The lowest BCUT2D eigenvalue weighted by molar-refractivity contribution is -0.140. The average Bonchev–Trinajstić information content (AvgIpc) is 2.32. The van der Waals surface area contributed by atoms with Crippen molar-refractivity contribution >= 4 is 12.2 Å². The molecule has 0 aromatic heterocycles. The maximum Gasteiger partial charge on any atom is 0.419 e. The maximum atomic E-state index is 13.7. The number of halogens is 4. The molecule has 0 aliphatic carbocycles. The Bertz CT molecular complexity index is 560. The van der Waals surface area contributed by atoms with Gasteiger partial charge in [0.2, 0.25) is 0 Å². The van der Waals surface area contributed by atoms with Crippen molar-refractivity contribution in [2.45, 2.75) is 32.5 Å². The molecule has 3 nitrogen and oxygen atoms in total. The summed E-state index contributed by atoms with van der Waals surface area (Å²) >= 11 is 0. The van der Waals surface area contributed by atoms with E-state index >= 15 is 0 Å². The van der Waals surface area contributed by atoms with Gasteiger partial charge in [-0.25, -0.2) is 9.18 Å². The van der Waals surface area contributed by atoms with Crippen molar-refractivity contribution in [3.05, 3.63) is 41.2 Å². The molecule has 1 N–H and O–H groups in total. The van der Waals surface area contributed by atoms with Gasteiger partial charge in [-0.1, -0.05) is 24.3 Å². The molecule has 0 atom stereocenters. The highest BCUT2D eigenvalue weighted by Gasteiger charge is 2.34. The van der Waals surface area contributed by atoms with Crippen molar-refractivity contribution in [3.8, 4) is 0 Å². The summed E-state index contributed by atoms with van der Waals surface area (Å²) in [6.45, 7) is 5.09. The van der Waals surface area contributed by atoms with Crippen LogP contribution in [0.1, 0.15) is 31.9 Å². The minimum atomic E-state index is -4.75. The topological polar surface area (TPSA) is 38.3 Å². The van der Waals surface area contributed by atoms with E-state index in [1.165, 1.54) is 18.2 Å². The predicted octanol–water partition coefficient (Wildman–Crippen LogP) is 4.38. The van der Waals surface area contributed by atoms with Crippen LogP contribution < -0.4 is 5.32 Å². The number of rotatable bonds is 3. The molecule has 0 saturated carbocycles. The van der Waals surface area contributed by atoms with Gasteiger partial charge in [-0.2, -0.15) is 13.2 Å². The summed E-state index contributed by atoms with van der Waals surface area (Å²) in [7, 11) is 0. The lowest BCUT2D eigenvalue weighted by Crippen LogP contribution is -2.32. The number of ether oxygens (including phenoxy) is 1. The smallest absolute Gasteiger partial charge is 0.419 e. The molecule has 0 unspecified atom stereocenters. The van der Waals surface area contributed by atoms with Gasteiger partial charge in [0.1, 0.15) is 11.4 Å². The van der Waals surface area contributed by atoms with E-state index in [0.717, 1.165) is 6.07 Å². The van der Waals surface area contributed by atoms with Gasteiger partial charge in [0.15, 0.2) is 0 Å². The Balaban J connectivity index is 2.67. The number of carbonyl (C=O) groups is 1. The molecule has 1 aromatic carbocycles. The number of amides is 1. The van der Waals surface area contributed by atoms with Crippen molar-refractivity contribution in [1.82, 2.24) is 5.32 Å². The SMILES string of the molecule is CC(C)(C)OC(=O)NCC=Cc1cccc(C(F)(F)F)c1F. The Morgan fingerprint density at radius 2 is 1.91 bits per heavy atom. The fraction of sp³-hybridized carbons (Fsp3) is 0.400. The van der Waals surface area contributed by atoms with Crippen LogP contribution in [0.2, 0.25) is 0 Å². The third-order valence-electron chi connectivity index (χ3n) is 2.39. The second-order valence-electron chi connectivity index (χ2n) is 5.49. The van der Waals surface area contributed by atoms with Crippen LogP contribution in [0.15, 0.2) is 24.3 Å². The van der Waals surface area contributed by atoms with Crippen LogP contribution in [-0.2, 0) is 10.9 Å². The summed E-state index contributed by atoms with van der Waals surface area (Å²) in [5.41, 5.74) is -2.18. The predicted molar refractivity (Wildman–Crippen MR) is 74.7 cm³/mol. The quantitative estimate of drug-likeness (QED) is 0.840. The molecular weight excluding hydrogens is 302 g/mol. The van der Waals surface area contributed by atoms with Crippen LogP contribution in [0.3, 0.4) is 0 Å². The van der Waals surface area contributed by atoms with Gasteiger partial charge < -0.3 is 10.1 Å². The van der Waals surface area contributed by atoms with Crippen LogP contribution >= 0.6 is 0 Å². The number of benzene rings is 1. The van der Waals surface area contributed by atoms with Crippen molar-refractivity contribution in [1.29, 1.82) is 0 Å². The normalized spacial score (nSPS) is 12.5. The van der Waals surface area contributed by atoms with Gasteiger partial charge >= 0.3 is 12.3 Å². The van der Waals surface area contributed by atoms with Crippen LogP contribution in [0.5, 0.6) is 0 Å². The summed E-state index contributed by atoms with van der Waals surface area (Å²) in [5.74, 6) is -1.34. The van der Waals surface area contributed by atoms with Crippen LogP contribution in [-0.4, -0.2) is 18.2 Å². The molecule has 1 aromatic rings. The first-order chi connectivity index (χ1) is 10.0. The van der Waals surface area contributed by atoms with E-state index in [4.69, 9.17) is 4.74 Å². The van der Waals surface area contributed by atoms with E-state index in [9.17, 15) is 22.4 Å². The second-order valence-corrected chi connectivity index (χ2v) is 5.49. The molecule has 0 saturated heterocycles. The molecule has 0 spiro atoms. The van der Waals surface area contributed by atoms with E-state index in [2.05, 4.69) is 5.32 Å². The first-order valence-electron chi connectivity index (χ1n) is 6.50. The first kappa shape index (κ1) is 18.0. The Morgan fingerprint density at radius 3 is 2.45 bits per heavy atom. The zero-order chi connectivity index (χ0) is 17.0. The summed E-state index contributed by atoms with van der Waals surface area (Å²) in [4.78, 5) is 11.3. The highest BCUT2D eigenvalue weighted by atomic mass is 19.4. The molecule has 0 radical (unpaired) electrons. The minimum Gasteiger partial charge on any atom is -0.444 e. The number of carbonyl (C=O) groups excluding carboxylic acids is 1. The fourth-order valence-corrected chi connectivity index (χ4v) is 1.54. The van der Waals surface area contributed by atoms with Crippen LogP contribution in [0, 0.1) is 5.82 Å². The number of hydrogen-bond donors (Lipinski definition) is 1. The maximum absolute atomic E-state index is 13.7. The van der Waals surface area contributed by atoms with E-state index in [1.54, 1.807) is 20.8 Å². The zero-order valence-electron chi connectivity index (χ0n) is 12.4. The Labute approximate surface area is 126 Å².